The highest BCUT2D eigenvalue weighted by atomic mass is 32.2. The summed E-state index contributed by atoms with van der Waals surface area (Å²) in [5, 5.41) is 2.84. The van der Waals surface area contributed by atoms with Crippen molar-refractivity contribution in [1.82, 2.24) is 5.32 Å². The van der Waals surface area contributed by atoms with Gasteiger partial charge in [0.1, 0.15) is 5.75 Å². The molecule has 0 aliphatic rings. The van der Waals surface area contributed by atoms with Crippen LogP contribution in [0.2, 0.25) is 0 Å². The van der Waals surface area contributed by atoms with Crippen LogP contribution in [0.3, 0.4) is 0 Å². The fourth-order valence-electron chi connectivity index (χ4n) is 2.40. The minimum atomic E-state index is -4.67. The maximum atomic E-state index is 12.5. The molecule has 0 fully saturated rings. The molecule has 0 saturated carbocycles. The molecule has 0 heterocycles. The summed E-state index contributed by atoms with van der Waals surface area (Å²) >= 11 is 0. The van der Waals surface area contributed by atoms with Crippen molar-refractivity contribution in [1.29, 1.82) is 0 Å². The molecule has 1 amide bonds. The van der Waals surface area contributed by atoms with Gasteiger partial charge in [-0.15, -0.1) is 0 Å². The first-order valence-electron chi connectivity index (χ1n) is 7.86. The zero-order valence-corrected chi connectivity index (χ0v) is 15.1. The Morgan fingerprint density at radius 1 is 1.08 bits per heavy atom. The number of rotatable bonds is 7. The fourth-order valence-corrected chi connectivity index (χ4v) is 3.12. The van der Waals surface area contributed by atoms with E-state index in [1.165, 1.54) is 12.1 Å². The molecule has 0 saturated heterocycles. The van der Waals surface area contributed by atoms with Crippen molar-refractivity contribution in [2.24, 2.45) is 0 Å². The summed E-state index contributed by atoms with van der Waals surface area (Å²) in [4.78, 5) is 11.8. The predicted octanol–water partition coefficient (Wildman–Crippen LogP) is 3.57. The standard InChI is InChI=1S/C18H19F2NO4S/c1-3-16(12-4-8-14(25-2)9-5-12)21-17(22)13-6-10-15(11-7-13)26(23,24)18(19)20/h4-11,16,18H,3H2,1-2H3,(H,21,22). The number of alkyl halides is 2. The lowest BCUT2D eigenvalue weighted by Crippen LogP contribution is -2.28. The lowest BCUT2D eigenvalue weighted by molar-refractivity contribution is 0.0935. The van der Waals surface area contributed by atoms with Crippen LogP contribution in [0, 0.1) is 0 Å². The maximum Gasteiger partial charge on any atom is 0.341 e. The number of nitrogens with one attached hydrogen (secondary N) is 1. The largest absolute Gasteiger partial charge is 0.497 e. The minimum Gasteiger partial charge on any atom is -0.497 e. The topological polar surface area (TPSA) is 72.5 Å². The number of halogens is 2. The third-order valence-electron chi connectivity index (χ3n) is 3.91. The minimum absolute atomic E-state index is 0.185. The van der Waals surface area contributed by atoms with Crippen LogP contribution in [0.4, 0.5) is 8.78 Å². The molecule has 0 aromatic heterocycles. The van der Waals surface area contributed by atoms with E-state index in [-0.39, 0.29) is 11.6 Å². The van der Waals surface area contributed by atoms with Gasteiger partial charge in [0, 0.05) is 5.56 Å². The Labute approximate surface area is 150 Å². The second-order valence-electron chi connectivity index (χ2n) is 5.54. The lowest BCUT2D eigenvalue weighted by atomic mass is 10.0. The van der Waals surface area contributed by atoms with Crippen LogP contribution in [0.15, 0.2) is 53.4 Å². The average Bonchev–Trinajstić information content (AvgIpc) is 2.66. The Balaban J connectivity index is 2.14. The van der Waals surface area contributed by atoms with Crippen molar-refractivity contribution in [3.8, 4) is 5.75 Å². The Morgan fingerprint density at radius 2 is 1.65 bits per heavy atom. The molecule has 5 nitrogen and oxygen atoms in total. The normalized spacial score (nSPS) is 12.7. The molecular formula is C18H19F2NO4S. The quantitative estimate of drug-likeness (QED) is 0.793. The van der Waals surface area contributed by atoms with Crippen molar-refractivity contribution in [3.63, 3.8) is 0 Å². The smallest absolute Gasteiger partial charge is 0.341 e. The molecule has 0 aliphatic heterocycles. The number of carbonyl (C=O) groups is 1. The first kappa shape index (κ1) is 19.8. The highest BCUT2D eigenvalue weighted by Crippen LogP contribution is 2.22. The number of sulfone groups is 1. The number of methoxy groups -OCH3 is 1. The van der Waals surface area contributed by atoms with Gasteiger partial charge in [-0.05, 0) is 48.4 Å². The van der Waals surface area contributed by atoms with Gasteiger partial charge in [0.05, 0.1) is 18.0 Å². The van der Waals surface area contributed by atoms with Gasteiger partial charge >= 0.3 is 5.76 Å². The molecular weight excluding hydrogens is 364 g/mol. The third kappa shape index (κ3) is 4.37. The van der Waals surface area contributed by atoms with Gasteiger partial charge < -0.3 is 10.1 Å². The summed E-state index contributed by atoms with van der Waals surface area (Å²) in [5.41, 5.74) is 1.07. The van der Waals surface area contributed by atoms with Gasteiger partial charge in [-0.2, -0.15) is 8.78 Å². The Bertz CT molecular complexity index is 850. The Hall–Kier alpha value is -2.48. The summed E-state index contributed by atoms with van der Waals surface area (Å²) < 4.78 is 53.0. The molecule has 1 unspecified atom stereocenters. The Morgan fingerprint density at radius 3 is 2.12 bits per heavy atom. The summed E-state index contributed by atoms with van der Waals surface area (Å²) in [6.45, 7) is 1.91. The van der Waals surface area contributed by atoms with Crippen molar-refractivity contribution in [2.75, 3.05) is 7.11 Å². The third-order valence-corrected chi connectivity index (χ3v) is 5.31. The highest BCUT2D eigenvalue weighted by molar-refractivity contribution is 7.91. The van der Waals surface area contributed by atoms with Crippen molar-refractivity contribution in [3.05, 3.63) is 59.7 Å². The van der Waals surface area contributed by atoms with Gasteiger partial charge in [-0.3, -0.25) is 4.79 Å². The van der Waals surface area contributed by atoms with E-state index in [1.807, 2.05) is 19.1 Å². The number of hydrogen-bond acceptors (Lipinski definition) is 4. The van der Waals surface area contributed by atoms with Gasteiger partial charge in [-0.1, -0.05) is 19.1 Å². The van der Waals surface area contributed by atoms with E-state index < -0.39 is 26.4 Å². The molecule has 2 aromatic carbocycles. The number of benzene rings is 2. The van der Waals surface area contributed by atoms with Crippen LogP contribution in [0.5, 0.6) is 5.75 Å². The number of amides is 1. The summed E-state index contributed by atoms with van der Waals surface area (Å²) in [5.74, 6) is -3.22. The first-order chi connectivity index (χ1) is 12.3. The van der Waals surface area contributed by atoms with E-state index >= 15 is 0 Å². The lowest BCUT2D eigenvalue weighted by Gasteiger charge is -2.18. The fraction of sp³-hybridized carbons (Fsp3) is 0.278. The van der Waals surface area contributed by atoms with Crippen LogP contribution < -0.4 is 10.1 Å². The summed E-state index contributed by atoms with van der Waals surface area (Å²) in [6.07, 6.45) is 0.635. The van der Waals surface area contributed by atoms with Crippen molar-refractivity contribution >= 4 is 15.7 Å². The summed E-state index contributed by atoms with van der Waals surface area (Å²) in [7, 11) is -3.11. The van der Waals surface area contributed by atoms with Crippen LogP contribution in [0.1, 0.15) is 35.3 Å². The molecule has 1 N–H and O–H groups in total. The van der Waals surface area contributed by atoms with Gasteiger partial charge in [0.2, 0.25) is 9.84 Å². The van der Waals surface area contributed by atoms with Crippen molar-refractivity contribution < 1.29 is 26.7 Å². The highest BCUT2D eigenvalue weighted by Gasteiger charge is 2.26. The van der Waals surface area contributed by atoms with Crippen molar-refractivity contribution in [2.45, 2.75) is 30.0 Å². The molecule has 0 spiro atoms. The molecule has 2 rings (SSSR count). The number of hydrogen-bond donors (Lipinski definition) is 1. The SMILES string of the molecule is CCC(NC(=O)c1ccc(S(=O)(=O)C(F)F)cc1)c1ccc(OC)cc1. The predicted molar refractivity (Wildman–Crippen MR) is 93.1 cm³/mol. The van der Waals surface area contributed by atoms with Crippen LogP contribution in [0.25, 0.3) is 0 Å². The molecule has 2 aromatic rings. The van der Waals surface area contributed by atoms with E-state index in [0.717, 1.165) is 17.7 Å². The van der Waals surface area contributed by atoms with E-state index in [2.05, 4.69) is 5.32 Å². The van der Waals surface area contributed by atoms with Gasteiger partial charge in [0.25, 0.3) is 5.91 Å². The van der Waals surface area contributed by atoms with E-state index in [4.69, 9.17) is 4.74 Å². The molecule has 1 atom stereocenters. The van der Waals surface area contributed by atoms with Crippen LogP contribution in [-0.2, 0) is 9.84 Å². The zero-order chi connectivity index (χ0) is 19.3. The van der Waals surface area contributed by atoms with Crippen LogP contribution >= 0.6 is 0 Å². The summed E-state index contributed by atoms with van der Waals surface area (Å²) in [6, 6.07) is 11.4. The van der Waals surface area contributed by atoms with Crippen LogP contribution in [-0.4, -0.2) is 27.2 Å². The monoisotopic (exact) mass is 383 g/mol. The molecule has 0 bridgehead atoms. The van der Waals surface area contributed by atoms with Gasteiger partial charge in [-0.25, -0.2) is 8.42 Å². The zero-order valence-electron chi connectivity index (χ0n) is 14.3. The average molecular weight is 383 g/mol. The molecule has 0 aliphatic carbocycles. The van der Waals surface area contributed by atoms with E-state index in [9.17, 15) is 22.0 Å². The van der Waals surface area contributed by atoms with E-state index in [0.29, 0.717) is 12.2 Å². The molecule has 26 heavy (non-hydrogen) atoms. The molecule has 8 heteroatoms. The molecule has 140 valence electrons. The number of carbonyl (C=O) groups excluding carboxylic acids is 1. The second-order valence-corrected chi connectivity index (χ2v) is 7.46. The Kier molecular flexibility index (Phi) is 6.31. The number of ether oxygens (including phenoxy) is 1. The first-order valence-corrected chi connectivity index (χ1v) is 9.41. The molecule has 0 radical (unpaired) electrons. The van der Waals surface area contributed by atoms with Gasteiger partial charge in [0.15, 0.2) is 0 Å². The van der Waals surface area contributed by atoms with E-state index in [1.54, 1.807) is 19.2 Å². The second kappa shape index (κ2) is 8.27. The maximum absolute atomic E-state index is 12.5.